The van der Waals surface area contributed by atoms with Gasteiger partial charge in [0.05, 0.1) is 4.92 Å². The van der Waals surface area contributed by atoms with Crippen LogP contribution in [0, 0.1) is 15.9 Å². The van der Waals surface area contributed by atoms with Crippen LogP contribution in [0.4, 0.5) is 10.1 Å². The zero-order valence-electron chi connectivity index (χ0n) is 10.1. The second kappa shape index (κ2) is 5.95. The molecular weight excluding hydrogens is 243 g/mol. The lowest BCUT2D eigenvalue weighted by atomic mass is 10.3. The van der Waals surface area contributed by atoms with Crippen LogP contribution in [0.25, 0.3) is 0 Å². The summed E-state index contributed by atoms with van der Waals surface area (Å²) in [4.78, 5) is 22.8. The number of nitro groups is 1. The third-order valence-corrected chi connectivity index (χ3v) is 2.37. The average molecular weight is 256 g/mol. The lowest BCUT2D eigenvalue weighted by molar-refractivity contribution is -0.385. The summed E-state index contributed by atoms with van der Waals surface area (Å²) in [6, 6.07) is 2.85. The van der Waals surface area contributed by atoms with Crippen LogP contribution in [-0.4, -0.2) is 35.9 Å². The molecule has 18 heavy (non-hydrogen) atoms. The van der Waals surface area contributed by atoms with Gasteiger partial charge in [0.25, 0.3) is 5.91 Å². The summed E-state index contributed by atoms with van der Waals surface area (Å²) in [7, 11) is 1.58. The molecule has 6 nitrogen and oxygen atoms in total. The maximum absolute atomic E-state index is 13.0. The molecule has 0 fully saturated rings. The molecule has 0 bridgehead atoms. The molecule has 0 radical (unpaired) electrons. The summed E-state index contributed by atoms with van der Waals surface area (Å²) in [6.07, 6.45) is 0. The number of ether oxygens (including phenoxy) is 1. The van der Waals surface area contributed by atoms with E-state index in [1.807, 2.05) is 0 Å². The van der Waals surface area contributed by atoms with Gasteiger partial charge in [-0.2, -0.15) is 0 Å². The molecule has 0 aromatic heterocycles. The van der Waals surface area contributed by atoms with Crippen molar-refractivity contribution in [3.05, 3.63) is 34.1 Å². The van der Waals surface area contributed by atoms with Gasteiger partial charge in [-0.05, 0) is 13.0 Å². The van der Waals surface area contributed by atoms with Crippen molar-refractivity contribution in [1.82, 2.24) is 4.90 Å². The normalized spacial score (nSPS) is 9.94. The number of benzene rings is 1. The fourth-order valence-corrected chi connectivity index (χ4v) is 1.18. The lowest BCUT2D eigenvalue weighted by Gasteiger charge is -2.14. The zero-order chi connectivity index (χ0) is 13.7. The SMILES string of the molecule is CCN(C)C(=O)COc1cc(F)ccc1[N+](=O)[O-]. The van der Waals surface area contributed by atoms with Gasteiger partial charge in [0, 0.05) is 25.7 Å². The van der Waals surface area contributed by atoms with E-state index in [1.54, 1.807) is 14.0 Å². The number of likely N-dealkylation sites (N-methyl/N-ethyl adjacent to an activating group) is 1. The van der Waals surface area contributed by atoms with Crippen molar-refractivity contribution in [2.24, 2.45) is 0 Å². The minimum Gasteiger partial charge on any atom is -0.477 e. The van der Waals surface area contributed by atoms with Gasteiger partial charge >= 0.3 is 5.69 Å². The standard InChI is InChI=1S/C11H13FN2O4/c1-3-13(2)11(15)7-18-10-6-8(12)4-5-9(10)14(16)17/h4-6H,3,7H2,1-2H3. The molecular formula is C11H13FN2O4. The van der Waals surface area contributed by atoms with Gasteiger partial charge in [-0.25, -0.2) is 4.39 Å². The van der Waals surface area contributed by atoms with Gasteiger partial charge in [0.1, 0.15) is 5.82 Å². The Hall–Kier alpha value is -2.18. The first-order valence-electron chi connectivity index (χ1n) is 5.26. The van der Waals surface area contributed by atoms with E-state index in [4.69, 9.17) is 4.74 Å². The lowest BCUT2D eigenvalue weighted by Crippen LogP contribution is -2.31. The Morgan fingerprint density at radius 2 is 2.22 bits per heavy atom. The number of hydrogen-bond donors (Lipinski definition) is 0. The number of amides is 1. The highest BCUT2D eigenvalue weighted by Gasteiger charge is 2.17. The maximum Gasteiger partial charge on any atom is 0.311 e. The van der Waals surface area contributed by atoms with Crippen molar-refractivity contribution in [2.75, 3.05) is 20.2 Å². The molecule has 1 rings (SSSR count). The number of nitrogens with zero attached hydrogens (tertiary/aromatic N) is 2. The van der Waals surface area contributed by atoms with Gasteiger partial charge in [-0.3, -0.25) is 14.9 Å². The minimum absolute atomic E-state index is 0.252. The third-order valence-electron chi connectivity index (χ3n) is 2.37. The Balaban J connectivity index is 2.81. The Kier molecular flexibility index (Phi) is 4.59. The summed E-state index contributed by atoms with van der Waals surface area (Å²) in [5.41, 5.74) is -0.372. The number of hydrogen-bond acceptors (Lipinski definition) is 4. The molecule has 0 spiro atoms. The largest absolute Gasteiger partial charge is 0.477 e. The summed E-state index contributed by atoms with van der Waals surface area (Å²) >= 11 is 0. The topological polar surface area (TPSA) is 72.7 Å². The molecule has 0 aliphatic carbocycles. The second-order valence-corrected chi connectivity index (χ2v) is 3.57. The number of rotatable bonds is 5. The molecule has 1 aromatic carbocycles. The van der Waals surface area contributed by atoms with Crippen LogP contribution in [0.5, 0.6) is 5.75 Å². The van der Waals surface area contributed by atoms with E-state index in [9.17, 15) is 19.3 Å². The van der Waals surface area contributed by atoms with Crippen molar-refractivity contribution >= 4 is 11.6 Å². The summed E-state index contributed by atoms with van der Waals surface area (Å²) < 4.78 is 18.0. The molecule has 0 saturated carbocycles. The molecule has 7 heteroatoms. The van der Waals surface area contributed by atoms with Gasteiger partial charge in [-0.1, -0.05) is 0 Å². The van der Waals surface area contributed by atoms with Crippen LogP contribution in [0.1, 0.15) is 6.92 Å². The minimum atomic E-state index is -0.692. The molecule has 98 valence electrons. The predicted molar refractivity (Wildman–Crippen MR) is 61.9 cm³/mol. The molecule has 0 aliphatic heterocycles. The predicted octanol–water partition coefficient (Wildman–Crippen LogP) is 1.59. The van der Waals surface area contributed by atoms with E-state index < -0.39 is 10.7 Å². The van der Waals surface area contributed by atoms with Crippen LogP contribution in [0.3, 0.4) is 0 Å². The monoisotopic (exact) mass is 256 g/mol. The van der Waals surface area contributed by atoms with Crippen LogP contribution >= 0.6 is 0 Å². The van der Waals surface area contributed by atoms with Crippen molar-refractivity contribution in [3.63, 3.8) is 0 Å². The van der Waals surface area contributed by atoms with Crippen molar-refractivity contribution in [3.8, 4) is 5.75 Å². The van der Waals surface area contributed by atoms with E-state index in [2.05, 4.69) is 0 Å². The van der Waals surface area contributed by atoms with Gasteiger partial charge < -0.3 is 9.64 Å². The zero-order valence-corrected chi connectivity index (χ0v) is 10.1. The quantitative estimate of drug-likeness (QED) is 0.592. The van der Waals surface area contributed by atoms with E-state index in [0.29, 0.717) is 6.54 Å². The Morgan fingerprint density at radius 3 is 2.78 bits per heavy atom. The van der Waals surface area contributed by atoms with E-state index in [0.717, 1.165) is 18.2 Å². The molecule has 0 atom stereocenters. The Labute approximate surface area is 103 Å². The molecule has 0 unspecified atom stereocenters. The highest BCUT2D eigenvalue weighted by Crippen LogP contribution is 2.27. The fourth-order valence-electron chi connectivity index (χ4n) is 1.18. The van der Waals surface area contributed by atoms with Crippen LogP contribution in [0.2, 0.25) is 0 Å². The van der Waals surface area contributed by atoms with Crippen molar-refractivity contribution < 1.29 is 18.8 Å². The number of nitro benzene ring substituents is 1. The first-order valence-corrected chi connectivity index (χ1v) is 5.26. The summed E-state index contributed by atoms with van der Waals surface area (Å²) in [5.74, 6) is -1.25. The van der Waals surface area contributed by atoms with Crippen LogP contribution in [0.15, 0.2) is 18.2 Å². The fraction of sp³-hybridized carbons (Fsp3) is 0.364. The molecule has 0 N–H and O–H groups in total. The number of carbonyl (C=O) groups is 1. The molecule has 1 amide bonds. The second-order valence-electron chi connectivity index (χ2n) is 3.57. The first-order chi connectivity index (χ1) is 8.45. The maximum atomic E-state index is 13.0. The van der Waals surface area contributed by atoms with Crippen LogP contribution in [-0.2, 0) is 4.79 Å². The Morgan fingerprint density at radius 1 is 1.56 bits per heavy atom. The van der Waals surface area contributed by atoms with Gasteiger partial charge in [0.15, 0.2) is 6.61 Å². The molecule has 1 aromatic rings. The average Bonchev–Trinajstić information content (AvgIpc) is 2.34. The first kappa shape index (κ1) is 13.9. The highest BCUT2D eigenvalue weighted by molar-refractivity contribution is 5.77. The van der Waals surface area contributed by atoms with Gasteiger partial charge in [-0.15, -0.1) is 0 Å². The van der Waals surface area contributed by atoms with Crippen LogP contribution < -0.4 is 4.74 Å². The number of halogens is 1. The van der Waals surface area contributed by atoms with E-state index >= 15 is 0 Å². The number of carbonyl (C=O) groups excluding carboxylic acids is 1. The molecule has 0 aliphatic rings. The van der Waals surface area contributed by atoms with E-state index in [1.165, 1.54) is 4.90 Å². The van der Waals surface area contributed by atoms with Crippen molar-refractivity contribution in [2.45, 2.75) is 6.92 Å². The summed E-state index contributed by atoms with van der Waals surface area (Å²) in [5, 5.41) is 10.7. The molecule has 0 saturated heterocycles. The van der Waals surface area contributed by atoms with E-state index in [-0.39, 0.29) is 24.0 Å². The Bertz CT molecular complexity index is 464. The smallest absolute Gasteiger partial charge is 0.311 e. The highest BCUT2D eigenvalue weighted by atomic mass is 19.1. The molecule has 0 heterocycles. The third kappa shape index (κ3) is 3.41. The van der Waals surface area contributed by atoms with Gasteiger partial charge in [0.2, 0.25) is 5.75 Å². The van der Waals surface area contributed by atoms with Crippen molar-refractivity contribution in [1.29, 1.82) is 0 Å². The summed E-state index contributed by atoms with van der Waals surface area (Å²) in [6.45, 7) is 1.91.